The molecule has 2 aromatic heterocycles. The lowest BCUT2D eigenvalue weighted by atomic mass is 10.00. The van der Waals surface area contributed by atoms with E-state index in [4.69, 9.17) is 45.2 Å². The van der Waals surface area contributed by atoms with Crippen molar-refractivity contribution in [3.05, 3.63) is 108 Å². The van der Waals surface area contributed by atoms with Crippen LogP contribution in [0.1, 0.15) is 121 Å². The van der Waals surface area contributed by atoms with E-state index in [9.17, 15) is 67.4 Å². The van der Waals surface area contributed by atoms with Crippen molar-refractivity contribution in [1.29, 1.82) is 10.8 Å². The average Bonchev–Trinajstić information content (AvgIpc) is 1.74. The number of fused-ring (bicyclic) bond motifs is 2. The molecule has 12 atom stereocenters. The fourth-order valence-corrected chi connectivity index (χ4v) is 15.3. The molecule has 1 aliphatic heterocycles. The lowest BCUT2D eigenvalue weighted by Gasteiger charge is -2.36. The number of aliphatic hydroxyl groups is 1. The number of H-pyrrole nitrogens is 2. The third kappa shape index (κ3) is 31.1. The fourth-order valence-electron chi connectivity index (χ4n) is 14.4. The Balaban J connectivity index is 1.23. The zero-order chi connectivity index (χ0) is 93.0. The number of guanidine groups is 2. The Labute approximate surface area is 734 Å². The standard InChI is InChI=1S/C83H123N25O17S/c1-8-10-30-64(76(120)99-56(29-20-34-93-83(90)91)73(117)103-62(72(116)96-42-67(86)111)45-126-46-69(113)98-58(36-48-22-13-12-14-23-48)78(122)105(5)47(3)71(115)100-60(39-66(85)110)80(124)108-35-21-32-63(108)70(87)114)106(6)81(125)65(31-11-9-2)107(7)79(123)59(38-50-41-95-55-28-18-16-25-52(50)55)101-75(119)61(44-109)102-74(118)57(37-49-40-94-54-27-17-15-24-51(49)54)97-68(112)43-104(4)77(121)53(84)26-19-33-92-82(88)89/h12-18,22-25,27-28,40-41,47,53,56-65,94-95,109H,8-11,19-21,26,29-39,42-46,84H2,1-7H3,(H2,85,110)(H2,86,111)(H2,87,114)(H,96,116)(H,97,112)(H,98,113)(H,99,120)(H,100,115)(H,101,119)(H,102,118)(H,103,117)(H4,88,89,92)(H4,90,91,93)/t47-,53-,56-,57-,58-,59-,60-,61-,62-,63-,64-,65-/m0/s1. The highest BCUT2D eigenvalue weighted by Crippen LogP contribution is 2.25. The van der Waals surface area contributed by atoms with Crippen LogP contribution in [0.2, 0.25) is 0 Å². The van der Waals surface area contributed by atoms with Crippen molar-refractivity contribution in [2.24, 2.45) is 34.4 Å². The summed E-state index contributed by atoms with van der Waals surface area (Å²) in [5.74, 6) is -15.2. The van der Waals surface area contributed by atoms with Crippen molar-refractivity contribution in [3.63, 3.8) is 0 Å². The number of para-hydroxylation sites is 2. The van der Waals surface area contributed by atoms with Crippen LogP contribution < -0.4 is 87.6 Å². The van der Waals surface area contributed by atoms with Crippen LogP contribution >= 0.6 is 11.8 Å². The highest BCUT2D eigenvalue weighted by Gasteiger charge is 2.42. The van der Waals surface area contributed by atoms with Crippen molar-refractivity contribution in [1.82, 2.24) is 87.6 Å². The molecule has 3 heterocycles. The fraction of sp³-hybridized carbons (Fsp3) is 0.518. The molecule has 42 nitrogen and oxygen atoms in total. The van der Waals surface area contributed by atoms with Gasteiger partial charge in [-0.25, -0.2) is 0 Å². The van der Waals surface area contributed by atoms with Crippen LogP contribution in [0.5, 0.6) is 0 Å². The van der Waals surface area contributed by atoms with Gasteiger partial charge in [0.25, 0.3) is 0 Å². The number of likely N-dealkylation sites (tertiary alicyclic amines) is 1. The number of aromatic nitrogens is 2. The summed E-state index contributed by atoms with van der Waals surface area (Å²) >= 11 is 0.802. The number of hydrogen-bond donors (Lipinski definition) is 21. The largest absolute Gasteiger partial charge is 0.394 e. The number of carbonyl (C=O) groups is 16. The topological polar surface area (TPSA) is 665 Å². The first kappa shape index (κ1) is 102. The molecule has 0 aliphatic carbocycles. The van der Waals surface area contributed by atoms with Crippen molar-refractivity contribution in [2.75, 3.05) is 79.0 Å². The van der Waals surface area contributed by atoms with Gasteiger partial charge in [0.1, 0.15) is 66.5 Å². The van der Waals surface area contributed by atoms with Crippen LogP contribution in [-0.2, 0) is 96.0 Å². The molecule has 1 fully saturated rings. The van der Waals surface area contributed by atoms with Crippen LogP contribution in [0.25, 0.3) is 21.8 Å². The maximum absolute atomic E-state index is 15.6. The van der Waals surface area contributed by atoms with Crippen LogP contribution in [0, 0.1) is 10.8 Å². The molecule has 43 heteroatoms. The second kappa shape index (κ2) is 50.7. The van der Waals surface area contributed by atoms with E-state index in [0.29, 0.717) is 77.0 Å². The molecule has 0 saturated carbocycles. The minimum Gasteiger partial charge on any atom is -0.394 e. The third-order valence-corrected chi connectivity index (χ3v) is 22.6. The molecule has 5 aromatic rings. The number of carbonyl (C=O) groups excluding carboxylic acids is 16. The molecule has 16 amide bonds. The average molecular weight is 1780 g/mol. The molecule has 688 valence electrons. The van der Waals surface area contributed by atoms with E-state index < -0.39 is 211 Å². The Morgan fingerprint density at radius 2 is 1.02 bits per heavy atom. The van der Waals surface area contributed by atoms with Crippen LogP contribution in [0.3, 0.4) is 0 Å². The molecule has 126 heavy (non-hydrogen) atoms. The van der Waals surface area contributed by atoms with Gasteiger partial charge in [-0.05, 0) is 87.1 Å². The minimum atomic E-state index is -1.79. The zero-order valence-corrected chi connectivity index (χ0v) is 73.0. The predicted octanol–water partition coefficient (Wildman–Crippen LogP) is -4.06. The molecule has 3 aromatic carbocycles. The Bertz CT molecular complexity index is 4650. The highest BCUT2D eigenvalue weighted by molar-refractivity contribution is 8.00. The number of primary amides is 3. The van der Waals surface area contributed by atoms with E-state index >= 15 is 14.4 Å². The second-order valence-electron chi connectivity index (χ2n) is 31.1. The van der Waals surface area contributed by atoms with Crippen molar-refractivity contribution < 1.29 is 81.8 Å². The van der Waals surface area contributed by atoms with E-state index in [-0.39, 0.29) is 83.4 Å². The van der Waals surface area contributed by atoms with E-state index in [1.807, 2.05) is 13.8 Å². The summed E-state index contributed by atoms with van der Waals surface area (Å²) in [6.07, 6.45) is 4.91. The number of aromatic amines is 2. The van der Waals surface area contributed by atoms with Gasteiger partial charge in [0, 0.05) is 107 Å². The van der Waals surface area contributed by atoms with Crippen molar-refractivity contribution >= 4 is 140 Å². The van der Waals surface area contributed by atoms with E-state index in [1.165, 1.54) is 35.1 Å². The van der Waals surface area contributed by atoms with E-state index in [0.717, 1.165) is 36.3 Å². The predicted molar refractivity (Wildman–Crippen MR) is 470 cm³/mol. The summed E-state index contributed by atoms with van der Waals surface area (Å²) in [5.41, 5.74) is 36.7. The first-order valence-electron chi connectivity index (χ1n) is 41.7. The third-order valence-electron chi connectivity index (χ3n) is 21.6. The zero-order valence-electron chi connectivity index (χ0n) is 72.1. The maximum Gasteiger partial charge on any atom is 0.246 e. The van der Waals surface area contributed by atoms with Gasteiger partial charge in [0.15, 0.2) is 11.9 Å². The van der Waals surface area contributed by atoms with Crippen LogP contribution in [0.15, 0.2) is 91.3 Å². The van der Waals surface area contributed by atoms with Gasteiger partial charge in [0.05, 0.1) is 37.9 Å². The number of nitrogens with two attached hydrogens (primary N) is 6. The van der Waals surface area contributed by atoms with Gasteiger partial charge in [-0.15, -0.1) is 11.8 Å². The number of nitrogens with one attached hydrogen (secondary N) is 14. The molecule has 0 unspecified atom stereocenters. The van der Waals surface area contributed by atoms with Crippen LogP contribution in [0.4, 0.5) is 0 Å². The quantitative estimate of drug-likeness (QED) is 0.0100. The maximum atomic E-state index is 15.6. The number of benzene rings is 3. The number of likely N-dealkylation sites (N-methyl/N-ethyl adjacent to an activating group) is 4. The number of rotatable bonds is 53. The van der Waals surface area contributed by atoms with Crippen molar-refractivity contribution in [3.8, 4) is 0 Å². The summed E-state index contributed by atoms with van der Waals surface area (Å²) in [5, 5.41) is 53.6. The van der Waals surface area contributed by atoms with Gasteiger partial charge >= 0.3 is 0 Å². The van der Waals surface area contributed by atoms with Crippen molar-refractivity contribution in [2.45, 2.75) is 196 Å². The normalized spacial score (nSPS) is 15.0. The number of unbranched alkanes of at least 4 members (excludes halogenated alkanes) is 2. The molecule has 1 saturated heterocycles. The summed E-state index contributed by atoms with van der Waals surface area (Å²) in [7, 11) is 5.34. The lowest BCUT2D eigenvalue weighted by Crippen LogP contribution is -2.61. The molecule has 0 radical (unpaired) electrons. The molecule has 6 rings (SSSR count). The summed E-state index contributed by atoms with van der Waals surface area (Å²) in [6.45, 7) is 3.12. The Morgan fingerprint density at radius 3 is 1.59 bits per heavy atom. The molecular weight excluding hydrogens is 1650 g/mol. The van der Waals surface area contributed by atoms with Gasteiger partial charge < -0.3 is 127 Å². The first-order valence-corrected chi connectivity index (χ1v) is 42.9. The molecule has 0 spiro atoms. The molecule has 1 aliphatic rings. The first-order chi connectivity index (χ1) is 59.9. The number of nitrogens with zero attached hydrogens (tertiary/aromatic N) is 5. The Morgan fingerprint density at radius 1 is 0.516 bits per heavy atom. The van der Waals surface area contributed by atoms with Gasteiger partial charge in [0.2, 0.25) is 94.5 Å². The smallest absolute Gasteiger partial charge is 0.246 e. The summed E-state index contributed by atoms with van der Waals surface area (Å²) in [4.78, 5) is 236. The summed E-state index contributed by atoms with van der Waals surface area (Å²) in [6, 6.07) is 5.87. The van der Waals surface area contributed by atoms with Crippen LogP contribution in [-0.4, -0.2) is 298 Å². The number of thioether (sulfide) groups is 1. The van der Waals surface area contributed by atoms with Gasteiger partial charge in [-0.1, -0.05) is 106 Å². The summed E-state index contributed by atoms with van der Waals surface area (Å²) < 4.78 is 0. The lowest BCUT2D eigenvalue weighted by molar-refractivity contribution is -0.149. The van der Waals surface area contributed by atoms with E-state index in [2.05, 4.69) is 63.1 Å². The SMILES string of the molecule is CCCC[C@@H](C(=O)N(C)[C@@H](CCCC)C(=O)N[C@@H](CCCNC(=N)N)C(=O)N[C@@H](CSCC(=O)N[C@@H](Cc1ccccc1)C(=O)N(C)[C@@H](C)C(=O)N[C@@H](CC(N)=O)C(=O)N1CCC[C@H]1C(N)=O)C(=O)NCC(N)=O)N(C)C(=O)[C@H](Cc1c[nH]c2ccccc12)NC(=O)[C@H](CO)NC(=O)[C@H](Cc1c[nH]c2ccccc12)NC(=O)CN(C)C(=O)[C@@H](N)CCCNC(=N)N. The Kier molecular flexibility index (Phi) is 41.0. The Hall–Kier alpha value is -12.9. The van der Waals surface area contributed by atoms with Gasteiger partial charge in [-0.2, -0.15) is 0 Å². The van der Waals surface area contributed by atoms with Gasteiger partial charge in [-0.3, -0.25) is 87.5 Å². The molecular formula is C83H123N25O17S. The number of amides is 16. The second-order valence-corrected chi connectivity index (χ2v) is 32.1. The number of hydrogen-bond acceptors (Lipinski definition) is 21. The number of aliphatic hydroxyl groups excluding tert-OH is 1. The monoisotopic (exact) mass is 1770 g/mol. The molecule has 27 N–H and O–H groups in total. The minimum absolute atomic E-state index is 0.00210. The van der Waals surface area contributed by atoms with E-state index in [1.54, 1.807) is 91.3 Å². The molecule has 0 bridgehead atoms. The highest BCUT2D eigenvalue weighted by atomic mass is 32.2.